The van der Waals surface area contributed by atoms with Crippen LogP contribution in [0.25, 0.3) is 5.65 Å². The summed E-state index contributed by atoms with van der Waals surface area (Å²) in [6, 6.07) is 3.94. The summed E-state index contributed by atoms with van der Waals surface area (Å²) in [5.74, 6) is 0.865. The fourth-order valence-corrected chi connectivity index (χ4v) is 2.93. The van der Waals surface area contributed by atoms with Gasteiger partial charge in [-0.1, -0.05) is 0 Å². The molecule has 1 atom stereocenters. The number of hydrogen-bond donors (Lipinski definition) is 1. The van der Waals surface area contributed by atoms with Crippen molar-refractivity contribution in [2.45, 2.75) is 38.8 Å². The van der Waals surface area contributed by atoms with Crippen molar-refractivity contribution < 1.29 is 9.53 Å². The van der Waals surface area contributed by atoms with Crippen molar-refractivity contribution in [2.75, 3.05) is 18.0 Å². The maximum Gasteiger partial charge on any atom is 0.407 e. The normalized spacial score (nSPS) is 18.4. The molecule has 1 saturated heterocycles. The van der Waals surface area contributed by atoms with Crippen molar-refractivity contribution in [3.63, 3.8) is 0 Å². The Bertz CT molecular complexity index is 724. The Hall–Kier alpha value is -1.83. The van der Waals surface area contributed by atoms with Gasteiger partial charge in [0, 0.05) is 13.1 Å². The molecule has 1 amide bonds. The number of imidazole rings is 1. The van der Waals surface area contributed by atoms with E-state index >= 15 is 0 Å². The minimum Gasteiger partial charge on any atom is -0.444 e. The molecular formula is C15H20BrN5O2. The minimum absolute atomic E-state index is 0.0635. The van der Waals surface area contributed by atoms with Crippen LogP contribution in [0.3, 0.4) is 0 Å². The van der Waals surface area contributed by atoms with E-state index in [4.69, 9.17) is 4.74 Å². The second-order valence-corrected chi connectivity index (χ2v) is 7.43. The highest BCUT2D eigenvalue weighted by molar-refractivity contribution is 9.10. The third kappa shape index (κ3) is 3.74. The van der Waals surface area contributed by atoms with Gasteiger partial charge < -0.3 is 15.0 Å². The lowest BCUT2D eigenvalue weighted by Gasteiger charge is -2.22. The highest BCUT2D eigenvalue weighted by Gasteiger charge is 2.27. The zero-order chi connectivity index (χ0) is 16.6. The summed E-state index contributed by atoms with van der Waals surface area (Å²) in [5, 5.41) is 7.50. The Kier molecular flexibility index (Phi) is 4.18. The third-order valence-corrected chi connectivity index (χ3v) is 4.08. The molecule has 0 radical (unpaired) electrons. The van der Waals surface area contributed by atoms with E-state index in [9.17, 15) is 4.79 Å². The van der Waals surface area contributed by atoms with Crippen LogP contribution in [-0.2, 0) is 4.74 Å². The van der Waals surface area contributed by atoms with Crippen LogP contribution in [0.5, 0.6) is 0 Å². The van der Waals surface area contributed by atoms with Crippen LogP contribution in [-0.4, -0.2) is 45.4 Å². The monoisotopic (exact) mass is 381 g/mol. The summed E-state index contributed by atoms with van der Waals surface area (Å²) in [4.78, 5) is 18.2. The van der Waals surface area contributed by atoms with Gasteiger partial charge in [-0.15, -0.1) is 5.10 Å². The van der Waals surface area contributed by atoms with Crippen LogP contribution in [0.15, 0.2) is 22.9 Å². The van der Waals surface area contributed by atoms with E-state index in [1.165, 1.54) is 0 Å². The molecule has 1 aliphatic rings. The lowest BCUT2D eigenvalue weighted by Crippen LogP contribution is -2.40. The largest absolute Gasteiger partial charge is 0.444 e. The Labute approximate surface area is 143 Å². The van der Waals surface area contributed by atoms with Crippen LogP contribution in [0.2, 0.25) is 0 Å². The molecule has 3 rings (SSSR count). The summed E-state index contributed by atoms with van der Waals surface area (Å²) >= 11 is 3.43. The topological polar surface area (TPSA) is 71.8 Å². The number of anilines is 1. The molecule has 0 aliphatic carbocycles. The van der Waals surface area contributed by atoms with Gasteiger partial charge in [0.2, 0.25) is 0 Å². The van der Waals surface area contributed by atoms with Crippen LogP contribution in [0.1, 0.15) is 27.2 Å². The maximum atomic E-state index is 11.9. The number of amides is 1. The molecule has 2 aromatic heterocycles. The fraction of sp³-hybridized carbons (Fsp3) is 0.533. The lowest BCUT2D eigenvalue weighted by molar-refractivity contribution is 0.0509. The van der Waals surface area contributed by atoms with E-state index in [0.29, 0.717) is 6.54 Å². The minimum atomic E-state index is -0.483. The van der Waals surface area contributed by atoms with E-state index in [0.717, 1.165) is 29.0 Å². The van der Waals surface area contributed by atoms with E-state index in [-0.39, 0.29) is 12.1 Å². The highest BCUT2D eigenvalue weighted by atomic mass is 79.9. The quantitative estimate of drug-likeness (QED) is 0.865. The Balaban J connectivity index is 1.64. The van der Waals surface area contributed by atoms with Gasteiger partial charge in [0.15, 0.2) is 5.65 Å². The molecule has 1 fully saturated rings. The second kappa shape index (κ2) is 5.99. The number of halogens is 1. The van der Waals surface area contributed by atoms with Gasteiger partial charge in [-0.2, -0.15) is 0 Å². The number of alkyl carbamates (subject to hydrolysis) is 1. The third-order valence-electron chi connectivity index (χ3n) is 3.54. The fourth-order valence-electron chi connectivity index (χ4n) is 2.56. The van der Waals surface area contributed by atoms with Gasteiger partial charge in [0.25, 0.3) is 0 Å². The first-order chi connectivity index (χ1) is 10.8. The number of ether oxygens (including phenoxy) is 1. The molecule has 0 spiro atoms. The molecule has 2 aromatic rings. The lowest BCUT2D eigenvalue weighted by atomic mass is 10.2. The van der Waals surface area contributed by atoms with E-state index in [2.05, 4.69) is 36.2 Å². The maximum absolute atomic E-state index is 11.9. The number of carbonyl (C=O) groups is 1. The van der Waals surface area contributed by atoms with Crippen molar-refractivity contribution in [1.82, 2.24) is 19.9 Å². The van der Waals surface area contributed by atoms with Gasteiger partial charge >= 0.3 is 6.09 Å². The molecule has 3 heterocycles. The highest BCUT2D eigenvalue weighted by Crippen LogP contribution is 2.20. The van der Waals surface area contributed by atoms with Gasteiger partial charge in [0.05, 0.1) is 12.2 Å². The molecule has 0 bridgehead atoms. The Morgan fingerprint density at radius 3 is 2.96 bits per heavy atom. The van der Waals surface area contributed by atoms with Crippen LogP contribution < -0.4 is 10.2 Å². The van der Waals surface area contributed by atoms with E-state index in [1.807, 2.05) is 32.9 Å². The number of nitrogens with one attached hydrogen (secondary N) is 1. The summed E-state index contributed by atoms with van der Waals surface area (Å²) in [6.45, 7) is 7.12. The summed E-state index contributed by atoms with van der Waals surface area (Å²) < 4.78 is 7.87. The second-order valence-electron chi connectivity index (χ2n) is 6.62. The molecular weight excluding hydrogens is 362 g/mol. The van der Waals surface area contributed by atoms with Gasteiger partial charge in [-0.05, 0) is 55.3 Å². The van der Waals surface area contributed by atoms with Crippen molar-refractivity contribution in [3.05, 3.63) is 22.9 Å². The van der Waals surface area contributed by atoms with Gasteiger partial charge in [0.1, 0.15) is 16.0 Å². The zero-order valence-corrected chi connectivity index (χ0v) is 15.0. The van der Waals surface area contributed by atoms with E-state index < -0.39 is 5.60 Å². The number of rotatable bonds is 2. The molecule has 1 N–H and O–H groups in total. The van der Waals surface area contributed by atoms with Crippen molar-refractivity contribution in [2.24, 2.45) is 0 Å². The molecule has 1 unspecified atom stereocenters. The number of carbonyl (C=O) groups excluding carboxylic acids is 1. The first-order valence-electron chi connectivity index (χ1n) is 7.56. The number of hydrogen-bond acceptors (Lipinski definition) is 5. The first-order valence-corrected chi connectivity index (χ1v) is 8.36. The molecule has 1 aliphatic heterocycles. The summed E-state index contributed by atoms with van der Waals surface area (Å²) in [5.41, 5.74) is 0.311. The van der Waals surface area contributed by atoms with Gasteiger partial charge in [-0.25, -0.2) is 14.3 Å². The standard InChI is InChI=1S/C15H20BrN5O2/c1-15(2,3)23-14(22)18-10-6-7-20(9-10)13-5-4-12-17-8-11(16)21(12)19-13/h4-5,8,10H,6-7,9H2,1-3H3,(H,18,22). The molecule has 0 aromatic carbocycles. The SMILES string of the molecule is CC(C)(C)OC(=O)NC1CCN(c2ccc3ncc(Br)n3n2)C1. The van der Waals surface area contributed by atoms with Crippen molar-refractivity contribution >= 4 is 33.5 Å². The average molecular weight is 382 g/mol. The van der Waals surface area contributed by atoms with Crippen LogP contribution in [0, 0.1) is 0 Å². The van der Waals surface area contributed by atoms with Gasteiger partial charge in [-0.3, -0.25) is 0 Å². The molecule has 0 saturated carbocycles. The first kappa shape index (κ1) is 16.0. The Morgan fingerprint density at radius 1 is 1.43 bits per heavy atom. The Morgan fingerprint density at radius 2 is 2.22 bits per heavy atom. The predicted octanol–water partition coefficient (Wildman–Crippen LogP) is 2.60. The van der Waals surface area contributed by atoms with Crippen LogP contribution >= 0.6 is 15.9 Å². The number of nitrogens with zero attached hydrogens (tertiary/aromatic N) is 4. The average Bonchev–Trinajstić information content (AvgIpc) is 3.04. The summed E-state index contributed by atoms with van der Waals surface area (Å²) in [6.07, 6.45) is 2.22. The molecule has 23 heavy (non-hydrogen) atoms. The smallest absolute Gasteiger partial charge is 0.407 e. The predicted molar refractivity (Wildman–Crippen MR) is 90.7 cm³/mol. The van der Waals surface area contributed by atoms with Crippen molar-refractivity contribution in [1.29, 1.82) is 0 Å². The van der Waals surface area contributed by atoms with Crippen LogP contribution in [0.4, 0.5) is 10.6 Å². The van der Waals surface area contributed by atoms with Crippen molar-refractivity contribution in [3.8, 4) is 0 Å². The summed E-state index contributed by atoms with van der Waals surface area (Å²) in [7, 11) is 0. The molecule has 8 heteroatoms. The number of aromatic nitrogens is 3. The zero-order valence-electron chi connectivity index (χ0n) is 13.4. The molecule has 7 nitrogen and oxygen atoms in total. The molecule has 124 valence electrons. The number of fused-ring (bicyclic) bond motifs is 1. The van der Waals surface area contributed by atoms with E-state index in [1.54, 1.807) is 10.7 Å².